The van der Waals surface area contributed by atoms with E-state index in [1.165, 1.54) is 0 Å². The number of hydrogen-bond acceptors (Lipinski definition) is 3. The molecule has 0 unspecified atom stereocenters. The summed E-state index contributed by atoms with van der Waals surface area (Å²) in [6, 6.07) is 11.9. The van der Waals surface area contributed by atoms with Gasteiger partial charge in [-0.15, -0.1) is 11.3 Å². The summed E-state index contributed by atoms with van der Waals surface area (Å²) >= 11 is 1.66. The van der Waals surface area contributed by atoms with E-state index in [2.05, 4.69) is 15.0 Å². The highest BCUT2D eigenvalue weighted by Crippen LogP contribution is 2.15. The number of thiophene rings is 1. The van der Waals surface area contributed by atoms with E-state index >= 15 is 0 Å². The molecule has 2 aromatic heterocycles. The fourth-order valence-electron chi connectivity index (χ4n) is 1.49. The zero-order chi connectivity index (χ0) is 10.8. The number of fused-ring (bicyclic) bond motifs is 1. The van der Waals surface area contributed by atoms with Gasteiger partial charge >= 0.3 is 0 Å². The van der Waals surface area contributed by atoms with Crippen molar-refractivity contribution in [3.8, 4) is 0 Å². The molecule has 0 spiro atoms. The Morgan fingerprint density at radius 1 is 1.19 bits per heavy atom. The summed E-state index contributed by atoms with van der Waals surface area (Å²) in [4.78, 5) is 12.9. The number of imidazole rings is 1. The summed E-state index contributed by atoms with van der Waals surface area (Å²) in [5, 5.41) is 2.03. The van der Waals surface area contributed by atoms with Crippen molar-refractivity contribution >= 4 is 34.5 Å². The molecule has 0 aliphatic heterocycles. The Morgan fingerprint density at radius 2 is 2.12 bits per heavy atom. The van der Waals surface area contributed by atoms with Gasteiger partial charge in [-0.1, -0.05) is 18.2 Å². The van der Waals surface area contributed by atoms with Crippen LogP contribution in [-0.4, -0.2) is 16.2 Å². The first-order valence-corrected chi connectivity index (χ1v) is 5.82. The molecular formula is C12H9N3S. The van der Waals surface area contributed by atoms with Crippen LogP contribution in [-0.2, 0) is 0 Å². The molecule has 4 heteroatoms. The van der Waals surface area contributed by atoms with Crippen LogP contribution in [0.5, 0.6) is 0 Å². The smallest absolute Gasteiger partial charge is 0.227 e. The Balaban J connectivity index is 1.95. The summed E-state index contributed by atoms with van der Waals surface area (Å²) in [5.41, 5.74) is 1.96. The molecule has 0 amide bonds. The second-order valence-corrected chi connectivity index (χ2v) is 4.33. The van der Waals surface area contributed by atoms with E-state index < -0.39 is 0 Å². The average Bonchev–Trinajstić information content (AvgIpc) is 2.95. The van der Waals surface area contributed by atoms with Gasteiger partial charge < -0.3 is 4.98 Å². The van der Waals surface area contributed by atoms with E-state index in [0.717, 1.165) is 15.9 Å². The lowest BCUT2D eigenvalue weighted by Crippen LogP contribution is -1.72. The van der Waals surface area contributed by atoms with Gasteiger partial charge in [-0.25, -0.2) is 9.98 Å². The highest BCUT2D eigenvalue weighted by atomic mass is 32.1. The van der Waals surface area contributed by atoms with Crippen molar-refractivity contribution in [2.45, 2.75) is 0 Å². The highest BCUT2D eigenvalue weighted by molar-refractivity contribution is 7.11. The zero-order valence-corrected chi connectivity index (χ0v) is 9.24. The first-order valence-electron chi connectivity index (χ1n) is 4.94. The molecule has 0 saturated carbocycles. The summed E-state index contributed by atoms with van der Waals surface area (Å²) in [6.45, 7) is 0. The molecule has 1 aromatic carbocycles. The molecule has 0 fully saturated rings. The Labute approximate surface area is 96.5 Å². The average molecular weight is 227 g/mol. The summed E-state index contributed by atoms with van der Waals surface area (Å²) in [5.74, 6) is 0.648. The molecule has 0 radical (unpaired) electrons. The SMILES string of the molecule is C(=N\c1nc2ccccc2[nH]1)/c1cccs1. The maximum atomic E-state index is 4.36. The fraction of sp³-hybridized carbons (Fsp3) is 0. The molecule has 3 aromatic rings. The van der Waals surface area contributed by atoms with Crippen LogP contribution in [0.2, 0.25) is 0 Å². The van der Waals surface area contributed by atoms with Gasteiger partial charge in [0.05, 0.1) is 11.0 Å². The predicted octanol–water partition coefficient (Wildman–Crippen LogP) is 3.38. The predicted molar refractivity (Wildman–Crippen MR) is 67.7 cm³/mol. The maximum absolute atomic E-state index is 4.36. The number of aromatic amines is 1. The molecule has 0 aliphatic carbocycles. The number of aliphatic imine (C=N–C) groups is 1. The van der Waals surface area contributed by atoms with Crippen LogP contribution in [0.15, 0.2) is 46.8 Å². The van der Waals surface area contributed by atoms with E-state index in [1.54, 1.807) is 11.3 Å². The Hall–Kier alpha value is -1.94. The van der Waals surface area contributed by atoms with Crippen molar-refractivity contribution in [1.29, 1.82) is 0 Å². The quantitative estimate of drug-likeness (QED) is 0.670. The van der Waals surface area contributed by atoms with Crippen LogP contribution >= 0.6 is 11.3 Å². The van der Waals surface area contributed by atoms with Crippen molar-refractivity contribution in [1.82, 2.24) is 9.97 Å². The number of benzene rings is 1. The third-order valence-corrected chi connectivity index (χ3v) is 3.04. The highest BCUT2D eigenvalue weighted by Gasteiger charge is 1.98. The lowest BCUT2D eigenvalue weighted by Gasteiger charge is -1.83. The molecule has 16 heavy (non-hydrogen) atoms. The van der Waals surface area contributed by atoms with Gasteiger partial charge in [0.2, 0.25) is 5.95 Å². The largest absolute Gasteiger partial charge is 0.322 e. The number of nitrogens with zero attached hydrogens (tertiary/aromatic N) is 2. The van der Waals surface area contributed by atoms with Gasteiger partial charge in [0.15, 0.2) is 0 Å². The zero-order valence-electron chi connectivity index (χ0n) is 8.42. The van der Waals surface area contributed by atoms with E-state index in [4.69, 9.17) is 0 Å². The van der Waals surface area contributed by atoms with E-state index in [1.807, 2.05) is 48.0 Å². The van der Waals surface area contributed by atoms with Gasteiger partial charge in [-0.05, 0) is 23.6 Å². The number of hydrogen-bond donors (Lipinski definition) is 1. The molecule has 3 nitrogen and oxygen atoms in total. The van der Waals surface area contributed by atoms with Gasteiger partial charge in [0.1, 0.15) is 0 Å². The van der Waals surface area contributed by atoms with Gasteiger partial charge in [0.25, 0.3) is 0 Å². The number of para-hydroxylation sites is 2. The van der Waals surface area contributed by atoms with Crippen molar-refractivity contribution in [3.63, 3.8) is 0 Å². The minimum absolute atomic E-state index is 0.648. The minimum Gasteiger partial charge on any atom is -0.322 e. The second-order valence-electron chi connectivity index (χ2n) is 3.35. The third-order valence-electron chi connectivity index (χ3n) is 2.23. The normalized spacial score (nSPS) is 11.5. The third kappa shape index (κ3) is 1.75. The van der Waals surface area contributed by atoms with Crippen molar-refractivity contribution < 1.29 is 0 Å². The van der Waals surface area contributed by atoms with E-state index in [-0.39, 0.29) is 0 Å². The van der Waals surface area contributed by atoms with Crippen LogP contribution in [0.4, 0.5) is 5.95 Å². The Kier molecular flexibility index (Phi) is 2.27. The number of aromatic nitrogens is 2. The van der Waals surface area contributed by atoms with E-state index in [9.17, 15) is 0 Å². The second kappa shape index (κ2) is 3.90. The van der Waals surface area contributed by atoms with Crippen molar-refractivity contribution in [3.05, 3.63) is 46.7 Å². The molecule has 3 rings (SSSR count). The summed E-state index contributed by atoms with van der Waals surface area (Å²) in [6.07, 6.45) is 1.82. The standard InChI is InChI=1S/C12H9N3S/c1-2-6-11-10(5-1)14-12(15-11)13-8-9-4-3-7-16-9/h1-8H,(H,14,15)/b13-8+. The van der Waals surface area contributed by atoms with Gasteiger partial charge in [0, 0.05) is 11.1 Å². The summed E-state index contributed by atoms with van der Waals surface area (Å²) in [7, 11) is 0. The Morgan fingerprint density at radius 3 is 2.94 bits per heavy atom. The molecular weight excluding hydrogens is 218 g/mol. The van der Waals surface area contributed by atoms with Gasteiger partial charge in [-0.2, -0.15) is 0 Å². The first-order chi connectivity index (χ1) is 7.92. The number of rotatable bonds is 2. The molecule has 2 heterocycles. The first kappa shape index (κ1) is 9.30. The minimum atomic E-state index is 0.648. The Bertz CT molecular complexity index is 590. The monoisotopic (exact) mass is 227 g/mol. The van der Waals surface area contributed by atoms with E-state index in [0.29, 0.717) is 5.95 Å². The summed E-state index contributed by atoms with van der Waals surface area (Å²) < 4.78 is 0. The van der Waals surface area contributed by atoms with Crippen LogP contribution in [0, 0.1) is 0 Å². The lowest BCUT2D eigenvalue weighted by atomic mass is 10.3. The van der Waals surface area contributed by atoms with Gasteiger partial charge in [-0.3, -0.25) is 0 Å². The number of nitrogens with one attached hydrogen (secondary N) is 1. The van der Waals surface area contributed by atoms with Crippen LogP contribution in [0.25, 0.3) is 11.0 Å². The van der Waals surface area contributed by atoms with Crippen LogP contribution < -0.4 is 0 Å². The lowest BCUT2D eigenvalue weighted by molar-refractivity contribution is 1.27. The van der Waals surface area contributed by atoms with Crippen LogP contribution in [0.1, 0.15) is 4.88 Å². The number of H-pyrrole nitrogens is 1. The van der Waals surface area contributed by atoms with Crippen molar-refractivity contribution in [2.75, 3.05) is 0 Å². The molecule has 0 aliphatic rings. The topological polar surface area (TPSA) is 41.0 Å². The maximum Gasteiger partial charge on any atom is 0.227 e. The molecule has 78 valence electrons. The fourth-order valence-corrected chi connectivity index (χ4v) is 2.07. The molecule has 0 bridgehead atoms. The van der Waals surface area contributed by atoms with Crippen LogP contribution in [0.3, 0.4) is 0 Å². The van der Waals surface area contributed by atoms with Crippen molar-refractivity contribution in [2.24, 2.45) is 4.99 Å². The molecule has 1 N–H and O–H groups in total. The molecule has 0 saturated heterocycles. The molecule has 0 atom stereocenters.